The van der Waals surface area contributed by atoms with Crippen LogP contribution >= 0.6 is 23.8 Å². The van der Waals surface area contributed by atoms with Gasteiger partial charge in [-0.2, -0.15) is 0 Å². The zero-order valence-corrected chi connectivity index (χ0v) is 12.4. The molecule has 0 spiro atoms. The summed E-state index contributed by atoms with van der Waals surface area (Å²) in [5.41, 5.74) is 7.50. The number of likely N-dealkylation sites (tertiary alicyclic amines) is 1. The van der Waals surface area contributed by atoms with E-state index in [0.29, 0.717) is 10.9 Å². The highest BCUT2D eigenvalue weighted by Crippen LogP contribution is 2.24. The van der Waals surface area contributed by atoms with Gasteiger partial charge in [0.05, 0.1) is 0 Å². The third-order valence-corrected chi connectivity index (χ3v) is 4.23. The maximum Gasteiger partial charge on any atom is 0.104 e. The topological polar surface area (TPSA) is 49.5 Å². The predicted molar refractivity (Wildman–Crippen MR) is 82.4 cm³/mol. The van der Waals surface area contributed by atoms with E-state index in [1.165, 1.54) is 0 Å². The number of aliphatic hydroxyl groups excluding tert-OH is 1. The molecule has 0 bridgehead atoms. The van der Waals surface area contributed by atoms with E-state index in [1.54, 1.807) is 0 Å². The molecule has 1 unspecified atom stereocenters. The second-order valence-corrected chi connectivity index (χ2v) is 5.92. The average molecular weight is 299 g/mol. The number of aliphatic hydroxyl groups is 1. The summed E-state index contributed by atoms with van der Waals surface area (Å²) in [6.07, 6.45) is 2.05. The Labute approximate surface area is 124 Å². The van der Waals surface area contributed by atoms with Crippen LogP contribution < -0.4 is 5.73 Å². The number of nitrogens with zero attached hydrogens (tertiary/aromatic N) is 1. The fourth-order valence-electron chi connectivity index (χ4n) is 2.54. The number of nitrogens with two attached hydrogens (primary N) is 1. The molecule has 0 aliphatic carbocycles. The van der Waals surface area contributed by atoms with Gasteiger partial charge < -0.3 is 10.8 Å². The fraction of sp³-hybridized carbons (Fsp3) is 0.500. The molecule has 3 N–H and O–H groups in total. The summed E-state index contributed by atoms with van der Waals surface area (Å²) in [5.74, 6) is 0.611. The third-order valence-electron chi connectivity index (χ3n) is 3.64. The van der Waals surface area contributed by atoms with Gasteiger partial charge in [-0.1, -0.05) is 36.0 Å². The number of hydrogen-bond donors (Lipinski definition) is 2. The van der Waals surface area contributed by atoms with E-state index in [-0.39, 0.29) is 6.61 Å². The van der Waals surface area contributed by atoms with Crippen LogP contribution in [0, 0.1) is 5.92 Å². The van der Waals surface area contributed by atoms with Gasteiger partial charge in [0, 0.05) is 30.3 Å². The molecule has 0 amide bonds. The second kappa shape index (κ2) is 6.66. The van der Waals surface area contributed by atoms with Crippen LogP contribution in [0.3, 0.4) is 0 Å². The Morgan fingerprint density at radius 1 is 1.53 bits per heavy atom. The summed E-state index contributed by atoms with van der Waals surface area (Å²) in [7, 11) is 0. The van der Waals surface area contributed by atoms with Crippen LogP contribution in [-0.4, -0.2) is 34.7 Å². The van der Waals surface area contributed by atoms with Crippen molar-refractivity contribution in [1.82, 2.24) is 4.90 Å². The molecule has 5 heteroatoms. The average Bonchev–Trinajstić information content (AvgIpc) is 2.79. The first-order chi connectivity index (χ1) is 9.10. The molecular formula is C14H19ClN2OS. The standard InChI is InChI=1S/C14H19ClN2OS/c15-13-7-11(14(16)19)1-2-12(13)9-17-5-3-10(8-17)4-6-18/h1-2,7,10,18H,3-6,8-9H2,(H2,16,19). The first-order valence-corrected chi connectivity index (χ1v) is 7.30. The summed E-state index contributed by atoms with van der Waals surface area (Å²) < 4.78 is 0. The van der Waals surface area contributed by atoms with Gasteiger partial charge in [-0.3, -0.25) is 4.90 Å². The minimum Gasteiger partial charge on any atom is -0.396 e. The lowest BCUT2D eigenvalue weighted by Gasteiger charge is -2.17. The summed E-state index contributed by atoms with van der Waals surface area (Å²) >= 11 is 11.2. The Balaban J connectivity index is 1.98. The van der Waals surface area contributed by atoms with Gasteiger partial charge in [-0.15, -0.1) is 0 Å². The van der Waals surface area contributed by atoms with Gasteiger partial charge in [0.25, 0.3) is 0 Å². The molecule has 0 aromatic heterocycles. The van der Waals surface area contributed by atoms with Crippen molar-refractivity contribution in [2.24, 2.45) is 11.7 Å². The van der Waals surface area contributed by atoms with E-state index in [0.717, 1.165) is 48.6 Å². The molecule has 1 aliphatic heterocycles. The predicted octanol–water partition coefficient (Wildman–Crippen LogP) is 2.18. The molecule has 1 aromatic carbocycles. The lowest BCUT2D eigenvalue weighted by atomic mass is 10.1. The van der Waals surface area contributed by atoms with Crippen molar-refractivity contribution in [3.05, 3.63) is 34.3 Å². The van der Waals surface area contributed by atoms with Crippen LogP contribution in [0.1, 0.15) is 24.0 Å². The first kappa shape index (κ1) is 14.7. The molecule has 19 heavy (non-hydrogen) atoms. The van der Waals surface area contributed by atoms with Crippen molar-refractivity contribution in [2.75, 3.05) is 19.7 Å². The Kier molecular flexibility index (Phi) is 5.16. The van der Waals surface area contributed by atoms with E-state index in [1.807, 2.05) is 18.2 Å². The highest BCUT2D eigenvalue weighted by atomic mass is 35.5. The van der Waals surface area contributed by atoms with Crippen molar-refractivity contribution in [3.63, 3.8) is 0 Å². The number of halogens is 1. The van der Waals surface area contributed by atoms with Gasteiger partial charge >= 0.3 is 0 Å². The molecule has 104 valence electrons. The number of benzene rings is 1. The largest absolute Gasteiger partial charge is 0.396 e. The summed E-state index contributed by atoms with van der Waals surface area (Å²) in [6.45, 7) is 3.23. The second-order valence-electron chi connectivity index (χ2n) is 5.07. The minimum atomic E-state index is 0.280. The molecule has 0 radical (unpaired) electrons. The molecule has 0 saturated carbocycles. The van der Waals surface area contributed by atoms with E-state index in [9.17, 15) is 0 Å². The molecule has 3 nitrogen and oxygen atoms in total. The van der Waals surface area contributed by atoms with Gasteiger partial charge in [0.1, 0.15) is 4.99 Å². The van der Waals surface area contributed by atoms with E-state index in [4.69, 9.17) is 34.7 Å². The van der Waals surface area contributed by atoms with Crippen LogP contribution in [0.4, 0.5) is 0 Å². The lowest BCUT2D eigenvalue weighted by molar-refractivity contribution is 0.249. The van der Waals surface area contributed by atoms with Crippen molar-refractivity contribution < 1.29 is 5.11 Å². The van der Waals surface area contributed by atoms with Gasteiger partial charge in [-0.25, -0.2) is 0 Å². The maximum atomic E-state index is 8.97. The highest BCUT2D eigenvalue weighted by molar-refractivity contribution is 7.80. The van der Waals surface area contributed by atoms with E-state index >= 15 is 0 Å². The molecule has 1 saturated heterocycles. The SMILES string of the molecule is NC(=S)c1ccc(CN2CCC(CCO)C2)c(Cl)c1. The van der Waals surface area contributed by atoms with E-state index in [2.05, 4.69) is 4.90 Å². The summed E-state index contributed by atoms with van der Waals surface area (Å²) in [4.78, 5) is 2.75. The smallest absolute Gasteiger partial charge is 0.104 e. The van der Waals surface area contributed by atoms with Crippen molar-refractivity contribution >= 4 is 28.8 Å². The van der Waals surface area contributed by atoms with Crippen LogP contribution in [0.2, 0.25) is 5.02 Å². The Morgan fingerprint density at radius 3 is 2.95 bits per heavy atom. The van der Waals surface area contributed by atoms with Gasteiger partial charge in [0.15, 0.2) is 0 Å². The number of hydrogen-bond acceptors (Lipinski definition) is 3. The van der Waals surface area contributed by atoms with Gasteiger partial charge in [0.2, 0.25) is 0 Å². The van der Waals surface area contributed by atoms with Crippen LogP contribution in [0.25, 0.3) is 0 Å². The van der Waals surface area contributed by atoms with Gasteiger partial charge in [-0.05, 0) is 36.9 Å². The van der Waals surface area contributed by atoms with Crippen LogP contribution in [-0.2, 0) is 6.54 Å². The van der Waals surface area contributed by atoms with Crippen LogP contribution in [0.15, 0.2) is 18.2 Å². The maximum absolute atomic E-state index is 8.97. The van der Waals surface area contributed by atoms with Crippen molar-refractivity contribution in [2.45, 2.75) is 19.4 Å². The zero-order valence-electron chi connectivity index (χ0n) is 10.8. The third kappa shape index (κ3) is 3.89. The Morgan fingerprint density at radius 2 is 2.32 bits per heavy atom. The first-order valence-electron chi connectivity index (χ1n) is 6.51. The van der Waals surface area contributed by atoms with Crippen LogP contribution in [0.5, 0.6) is 0 Å². The molecule has 1 atom stereocenters. The molecule has 1 aromatic rings. The molecule has 1 fully saturated rings. The Hall–Kier alpha value is -0.680. The summed E-state index contributed by atoms with van der Waals surface area (Å²) in [6, 6.07) is 5.75. The number of thiocarbonyl (C=S) groups is 1. The summed E-state index contributed by atoms with van der Waals surface area (Å²) in [5, 5.41) is 9.68. The molecule has 1 aliphatic rings. The normalized spacial score (nSPS) is 19.8. The lowest BCUT2D eigenvalue weighted by Crippen LogP contribution is -2.20. The monoisotopic (exact) mass is 298 g/mol. The highest BCUT2D eigenvalue weighted by Gasteiger charge is 2.22. The van der Waals surface area contributed by atoms with Crippen molar-refractivity contribution in [3.8, 4) is 0 Å². The van der Waals surface area contributed by atoms with E-state index < -0.39 is 0 Å². The molecule has 2 rings (SSSR count). The Bertz CT molecular complexity index is 467. The quantitative estimate of drug-likeness (QED) is 0.818. The van der Waals surface area contributed by atoms with Crippen molar-refractivity contribution in [1.29, 1.82) is 0 Å². The number of rotatable bonds is 5. The molecule has 1 heterocycles. The fourth-order valence-corrected chi connectivity index (χ4v) is 2.91. The minimum absolute atomic E-state index is 0.280. The zero-order chi connectivity index (χ0) is 13.8. The molecular weight excluding hydrogens is 280 g/mol.